The fourth-order valence-corrected chi connectivity index (χ4v) is 6.17. The fourth-order valence-electron chi connectivity index (χ4n) is 2.88. The first-order chi connectivity index (χ1) is 16.2. The lowest BCUT2D eigenvalue weighted by Crippen LogP contribution is -1.99. The molecule has 0 N–H and O–H groups in total. The molecular weight excluding hydrogens is 454 g/mol. The van der Waals surface area contributed by atoms with E-state index in [4.69, 9.17) is 22.6 Å². The third kappa shape index (κ3) is 6.82. The van der Waals surface area contributed by atoms with Crippen molar-refractivity contribution in [2.75, 3.05) is 7.05 Å². The van der Waals surface area contributed by atoms with Gasteiger partial charge in [0, 0.05) is 7.05 Å². The predicted octanol–water partition coefficient (Wildman–Crippen LogP) is 8.55. The lowest BCUT2D eigenvalue weighted by Gasteiger charge is -2.19. The second-order valence-corrected chi connectivity index (χ2v) is 10.2. The van der Waals surface area contributed by atoms with Gasteiger partial charge in [-0.25, -0.2) is 13.8 Å². The van der Waals surface area contributed by atoms with Crippen LogP contribution in [0.2, 0.25) is 0 Å². The molecule has 0 fully saturated rings. The maximum atomic E-state index is 6.32. The van der Waals surface area contributed by atoms with Crippen molar-refractivity contribution in [1.82, 2.24) is 0 Å². The fraction of sp³-hybridized carbons (Fsp3) is 0.120. The molecule has 168 valence electrons. The molecule has 8 heteroatoms. The van der Waals surface area contributed by atoms with Crippen LogP contribution in [0.5, 0.6) is 17.2 Å². The van der Waals surface area contributed by atoms with Gasteiger partial charge in [-0.2, -0.15) is 0 Å². The van der Waals surface area contributed by atoms with Crippen molar-refractivity contribution in [1.29, 1.82) is 0 Å². The molecule has 0 spiro atoms. The van der Waals surface area contributed by atoms with Crippen LogP contribution < -0.4 is 13.6 Å². The minimum atomic E-state index is -3.19. The van der Waals surface area contributed by atoms with Crippen LogP contribution in [0, 0.1) is 0 Å². The van der Waals surface area contributed by atoms with Crippen LogP contribution in [0.25, 0.3) is 0 Å². The highest BCUT2D eigenvalue weighted by atomic mass is 31.2. The molecule has 1 unspecified atom stereocenters. The number of rotatable bonds is 9. The van der Waals surface area contributed by atoms with Gasteiger partial charge in [0.1, 0.15) is 11.5 Å². The molecule has 0 amide bonds. The zero-order chi connectivity index (χ0) is 22.8. The summed E-state index contributed by atoms with van der Waals surface area (Å²) >= 11 is 0. The van der Waals surface area contributed by atoms with E-state index in [1.165, 1.54) is 0 Å². The van der Waals surface area contributed by atoms with Crippen molar-refractivity contribution in [2.24, 2.45) is 9.26 Å². The number of nitrogens with zero attached hydrogens (tertiary/aromatic N) is 2. The molecule has 6 nitrogen and oxygen atoms in total. The highest BCUT2D eigenvalue weighted by Crippen LogP contribution is 2.59. The largest absolute Gasteiger partial charge is 0.679 e. The molecule has 0 aliphatic heterocycles. The lowest BCUT2D eigenvalue weighted by molar-refractivity contribution is 0.400. The van der Waals surface area contributed by atoms with E-state index >= 15 is 0 Å². The van der Waals surface area contributed by atoms with Gasteiger partial charge >= 0.3 is 15.8 Å². The van der Waals surface area contributed by atoms with E-state index < -0.39 is 15.8 Å². The average molecular weight is 479 g/mol. The van der Waals surface area contributed by atoms with E-state index in [1.54, 1.807) is 7.05 Å². The zero-order valence-electron chi connectivity index (χ0n) is 18.2. The first kappa shape index (κ1) is 22.8. The Morgan fingerprint density at radius 2 is 1.24 bits per heavy atom. The third-order valence-electron chi connectivity index (χ3n) is 4.45. The van der Waals surface area contributed by atoms with E-state index in [2.05, 4.69) is 10.8 Å². The number of benzene rings is 3. The molecule has 0 heterocycles. The van der Waals surface area contributed by atoms with Gasteiger partial charge in [-0.05, 0) is 61.4 Å². The van der Waals surface area contributed by atoms with Crippen molar-refractivity contribution in [3.63, 3.8) is 0 Å². The molecule has 1 atom stereocenters. The van der Waals surface area contributed by atoms with Gasteiger partial charge in [0.15, 0.2) is 11.5 Å². The first-order valence-corrected chi connectivity index (χ1v) is 13.2. The SMILES string of the molecule is CN=P(N=[P+](Oc1ccccc1)Oc1ccccc1)(OC1=CCCC=C1)Oc1ccccc1. The highest BCUT2D eigenvalue weighted by molar-refractivity contribution is 7.61. The van der Waals surface area contributed by atoms with Crippen molar-refractivity contribution in [3.8, 4) is 17.2 Å². The summed E-state index contributed by atoms with van der Waals surface area (Å²) in [4.78, 5) is 0. The molecule has 0 saturated carbocycles. The molecule has 1 aliphatic carbocycles. The maximum Gasteiger partial charge on any atom is 0.679 e. The molecule has 4 rings (SSSR count). The molecule has 0 radical (unpaired) electrons. The predicted molar refractivity (Wildman–Crippen MR) is 133 cm³/mol. The Labute approximate surface area is 195 Å². The van der Waals surface area contributed by atoms with Gasteiger partial charge in [-0.3, -0.25) is 0 Å². The summed E-state index contributed by atoms with van der Waals surface area (Å²) in [6.07, 6.45) is 7.86. The molecule has 3 aromatic carbocycles. The maximum absolute atomic E-state index is 6.32. The summed E-state index contributed by atoms with van der Waals surface area (Å²) in [6, 6.07) is 28.3. The van der Waals surface area contributed by atoms with E-state index in [0.29, 0.717) is 23.0 Å². The number of para-hydroxylation sites is 3. The van der Waals surface area contributed by atoms with Crippen molar-refractivity contribution >= 4 is 15.8 Å². The molecule has 3 aromatic rings. The molecule has 0 aromatic heterocycles. The monoisotopic (exact) mass is 479 g/mol. The summed E-state index contributed by atoms with van der Waals surface area (Å²) in [6.45, 7) is 0. The van der Waals surface area contributed by atoms with Gasteiger partial charge in [-0.15, -0.1) is 0 Å². The molecule has 33 heavy (non-hydrogen) atoms. The van der Waals surface area contributed by atoms with E-state index in [0.717, 1.165) is 12.8 Å². The molecular formula is C25H25N2O4P2+. The summed E-state index contributed by atoms with van der Waals surface area (Å²) in [7, 11) is -3.39. The summed E-state index contributed by atoms with van der Waals surface area (Å²) in [5.41, 5.74) is 0. The Bertz CT molecular complexity index is 1140. The smallest absolute Gasteiger partial charge is 0.412 e. The summed E-state index contributed by atoms with van der Waals surface area (Å²) < 4.78 is 34.3. The molecule has 0 bridgehead atoms. The first-order valence-electron chi connectivity index (χ1n) is 10.6. The van der Waals surface area contributed by atoms with Crippen LogP contribution in [-0.4, -0.2) is 7.05 Å². The Morgan fingerprint density at radius 3 is 1.73 bits per heavy atom. The van der Waals surface area contributed by atoms with Crippen LogP contribution in [0.1, 0.15) is 12.8 Å². The van der Waals surface area contributed by atoms with Crippen LogP contribution in [0.15, 0.2) is 124 Å². The van der Waals surface area contributed by atoms with Crippen molar-refractivity contribution in [3.05, 3.63) is 115 Å². The third-order valence-corrected chi connectivity index (χ3v) is 8.07. The number of hydrogen-bond donors (Lipinski definition) is 0. The Hall–Kier alpha value is -3.33. The summed E-state index contributed by atoms with van der Waals surface area (Å²) in [5, 5.41) is 0. The highest BCUT2D eigenvalue weighted by Gasteiger charge is 2.37. The van der Waals surface area contributed by atoms with Crippen LogP contribution in [0.3, 0.4) is 0 Å². The quantitative estimate of drug-likeness (QED) is 0.289. The minimum absolute atomic E-state index is 0.606. The van der Waals surface area contributed by atoms with Gasteiger partial charge in [-0.1, -0.05) is 60.7 Å². The van der Waals surface area contributed by atoms with Gasteiger partial charge in [0.05, 0.1) is 4.52 Å². The topological polar surface area (TPSA) is 61.6 Å². The van der Waals surface area contributed by atoms with Crippen molar-refractivity contribution in [2.45, 2.75) is 12.8 Å². The van der Waals surface area contributed by atoms with E-state index in [1.807, 2.05) is 103 Å². The van der Waals surface area contributed by atoms with Gasteiger partial charge in [0.2, 0.25) is 0 Å². The van der Waals surface area contributed by atoms with E-state index in [-0.39, 0.29) is 0 Å². The normalized spacial score (nSPS) is 14.3. The minimum Gasteiger partial charge on any atom is -0.412 e. The zero-order valence-corrected chi connectivity index (χ0v) is 20.0. The van der Waals surface area contributed by atoms with Crippen LogP contribution in [-0.2, 0) is 4.52 Å². The number of allylic oxidation sites excluding steroid dienone is 3. The lowest BCUT2D eigenvalue weighted by atomic mass is 10.2. The Balaban J connectivity index is 1.75. The van der Waals surface area contributed by atoms with Gasteiger partial charge in [0.25, 0.3) is 0 Å². The average Bonchev–Trinajstić information content (AvgIpc) is 2.86. The van der Waals surface area contributed by atoms with Crippen molar-refractivity contribution < 1.29 is 18.1 Å². The Morgan fingerprint density at radius 1 is 0.697 bits per heavy atom. The molecule has 1 aliphatic rings. The van der Waals surface area contributed by atoms with E-state index in [9.17, 15) is 0 Å². The van der Waals surface area contributed by atoms with Gasteiger partial charge < -0.3 is 9.05 Å². The standard InChI is InChI=1S/C25H25N2O4P2/c1-26-33(30-24-18-10-4-11-19-24,31-25-20-12-5-13-21-25)27-32(28-22-14-6-2-7-15-22)29-23-16-8-3-9-17-23/h2-4,6-12,14-21H,5,13H2,1H3/q+1. The second-order valence-electron chi connectivity index (χ2n) is 6.91. The second kappa shape index (κ2) is 11.5. The molecule has 0 saturated heterocycles. The Kier molecular flexibility index (Phi) is 7.97. The number of hydrogen-bond acceptors (Lipinski definition) is 5. The van der Waals surface area contributed by atoms with Crippen LogP contribution in [0.4, 0.5) is 0 Å². The van der Waals surface area contributed by atoms with Crippen LogP contribution >= 0.6 is 15.8 Å². The summed E-state index contributed by atoms with van der Waals surface area (Å²) in [5.74, 6) is 2.55.